The predicted molar refractivity (Wildman–Crippen MR) is 38.8 cm³/mol. The molecule has 1 heterocycles. The van der Waals surface area contributed by atoms with Crippen molar-refractivity contribution < 1.29 is 4.39 Å². The minimum atomic E-state index is -1.09. The Labute approximate surface area is 64.5 Å². The van der Waals surface area contributed by atoms with Crippen LogP contribution in [0.25, 0.3) is 0 Å². The van der Waals surface area contributed by atoms with Crippen molar-refractivity contribution in [3.05, 3.63) is 23.8 Å². The van der Waals surface area contributed by atoms with Crippen LogP contribution in [0.15, 0.2) is 12.4 Å². The molecule has 2 rings (SSSR count). The van der Waals surface area contributed by atoms with E-state index in [0.717, 1.165) is 0 Å². The third kappa shape index (κ3) is 1.11. The number of nitrogens with zero attached hydrogens (tertiary/aromatic N) is 2. The maximum atomic E-state index is 13.3. The molecule has 3 heteroatoms. The van der Waals surface area contributed by atoms with Crippen molar-refractivity contribution in [3.63, 3.8) is 0 Å². The number of alkyl halides is 1. The van der Waals surface area contributed by atoms with Crippen LogP contribution in [0.1, 0.15) is 24.2 Å². The average molecular weight is 152 g/mol. The Kier molecular flexibility index (Phi) is 1.22. The zero-order valence-electron chi connectivity index (χ0n) is 6.34. The largest absolute Gasteiger partial charge is 0.241 e. The van der Waals surface area contributed by atoms with Gasteiger partial charge in [-0.05, 0) is 19.8 Å². The smallest absolute Gasteiger partial charge is 0.139 e. The van der Waals surface area contributed by atoms with Crippen molar-refractivity contribution in [1.82, 2.24) is 9.97 Å². The highest BCUT2D eigenvalue weighted by Gasteiger charge is 2.45. The maximum absolute atomic E-state index is 13.3. The normalized spacial score (nSPS) is 19.8. The van der Waals surface area contributed by atoms with Crippen LogP contribution < -0.4 is 0 Å². The third-order valence-electron chi connectivity index (χ3n) is 1.99. The first-order valence-corrected chi connectivity index (χ1v) is 3.69. The van der Waals surface area contributed by atoms with E-state index in [2.05, 4.69) is 9.97 Å². The van der Waals surface area contributed by atoms with E-state index in [1.807, 2.05) is 0 Å². The minimum absolute atomic E-state index is 0.624. The second kappa shape index (κ2) is 2.00. The molecule has 1 aromatic heterocycles. The SMILES string of the molecule is Cc1ncc(C2(F)CC2)cn1. The summed E-state index contributed by atoms with van der Waals surface area (Å²) in [5.41, 5.74) is -0.462. The molecule has 2 nitrogen and oxygen atoms in total. The van der Waals surface area contributed by atoms with Crippen LogP contribution in [-0.4, -0.2) is 9.97 Å². The van der Waals surface area contributed by atoms with Crippen LogP contribution in [0, 0.1) is 6.92 Å². The van der Waals surface area contributed by atoms with E-state index in [0.29, 0.717) is 24.2 Å². The summed E-state index contributed by atoms with van der Waals surface area (Å²) < 4.78 is 13.3. The van der Waals surface area contributed by atoms with Crippen LogP contribution in [0.4, 0.5) is 4.39 Å². The summed E-state index contributed by atoms with van der Waals surface area (Å²) in [5, 5.41) is 0. The van der Waals surface area contributed by atoms with Crippen LogP contribution in [-0.2, 0) is 5.67 Å². The van der Waals surface area contributed by atoms with E-state index in [-0.39, 0.29) is 0 Å². The number of aryl methyl sites for hydroxylation is 1. The summed E-state index contributed by atoms with van der Waals surface area (Å²) in [5.74, 6) is 0.693. The molecule has 11 heavy (non-hydrogen) atoms. The monoisotopic (exact) mass is 152 g/mol. The highest BCUT2D eigenvalue weighted by molar-refractivity contribution is 5.21. The summed E-state index contributed by atoms with van der Waals surface area (Å²) in [6.45, 7) is 1.79. The second-order valence-corrected chi connectivity index (χ2v) is 2.98. The van der Waals surface area contributed by atoms with Gasteiger partial charge in [0.2, 0.25) is 0 Å². The lowest BCUT2D eigenvalue weighted by molar-refractivity contribution is 0.315. The molecule has 0 aromatic carbocycles. The summed E-state index contributed by atoms with van der Waals surface area (Å²) in [7, 11) is 0. The molecule has 1 aliphatic rings. The molecule has 0 unspecified atom stereocenters. The Morgan fingerprint density at radius 3 is 2.36 bits per heavy atom. The molecule has 0 saturated heterocycles. The molecule has 58 valence electrons. The van der Waals surface area contributed by atoms with Crippen molar-refractivity contribution in [3.8, 4) is 0 Å². The van der Waals surface area contributed by atoms with Gasteiger partial charge in [-0.15, -0.1) is 0 Å². The van der Waals surface area contributed by atoms with E-state index in [1.165, 1.54) is 0 Å². The average Bonchev–Trinajstić information content (AvgIpc) is 2.70. The molecule has 0 amide bonds. The maximum Gasteiger partial charge on any atom is 0.139 e. The standard InChI is InChI=1S/C8H9FN2/c1-6-10-4-7(5-11-6)8(9)2-3-8/h4-5H,2-3H2,1H3. The molecule has 0 radical (unpaired) electrons. The van der Waals surface area contributed by atoms with Crippen LogP contribution >= 0.6 is 0 Å². The molecule has 0 spiro atoms. The van der Waals surface area contributed by atoms with E-state index in [4.69, 9.17) is 0 Å². The topological polar surface area (TPSA) is 25.8 Å². The quantitative estimate of drug-likeness (QED) is 0.612. The van der Waals surface area contributed by atoms with Gasteiger partial charge >= 0.3 is 0 Å². The van der Waals surface area contributed by atoms with E-state index >= 15 is 0 Å². The van der Waals surface area contributed by atoms with Gasteiger partial charge in [0, 0.05) is 18.0 Å². The molecular formula is C8H9FN2. The van der Waals surface area contributed by atoms with Gasteiger partial charge in [-0.25, -0.2) is 14.4 Å². The first kappa shape index (κ1) is 6.70. The fourth-order valence-corrected chi connectivity index (χ4v) is 1.02. The van der Waals surface area contributed by atoms with Crippen LogP contribution in [0.3, 0.4) is 0 Å². The Morgan fingerprint density at radius 1 is 1.36 bits per heavy atom. The zero-order chi connectivity index (χ0) is 7.90. The predicted octanol–water partition coefficient (Wildman–Crippen LogP) is 1.74. The molecule has 1 aromatic rings. The van der Waals surface area contributed by atoms with Gasteiger partial charge in [-0.2, -0.15) is 0 Å². The molecule has 0 aliphatic heterocycles. The molecule has 1 saturated carbocycles. The van der Waals surface area contributed by atoms with Gasteiger partial charge in [0.15, 0.2) is 0 Å². The molecule has 1 aliphatic carbocycles. The van der Waals surface area contributed by atoms with E-state index in [9.17, 15) is 4.39 Å². The molecule has 0 N–H and O–H groups in total. The van der Waals surface area contributed by atoms with E-state index < -0.39 is 5.67 Å². The fourth-order valence-electron chi connectivity index (χ4n) is 1.02. The van der Waals surface area contributed by atoms with Gasteiger partial charge in [-0.3, -0.25) is 0 Å². The first-order valence-electron chi connectivity index (χ1n) is 3.69. The lowest BCUT2D eigenvalue weighted by Crippen LogP contribution is -2.00. The third-order valence-corrected chi connectivity index (χ3v) is 1.99. The van der Waals surface area contributed by atoms with Gasteiger partial charge in [-0.1, -0.05) is 0 Å². The number of hydrogen-bond donors (Lipinski definition) is 0. The summed E-state index contributed by atoms with van der Waals surface area (Å²) in [6, 6.07) is 0. The number of hydrogen-bond acceptors (Lipinski definition) is 2. The second-order valence-electron chi connectivity index (χ2n) is 2.98. The lowest BCUT2D eigenvalue weighted by Gasteiger charge is -2.02. The Morgan fingerprint density at radius 2 is 1.91 bits per heavy atom. The van der Waals surface area contributed by atoms with E-state index in [1.54, 1.807) is 19.3 Å². The van der Waals surface area contributed by atoms with Crippen molar-refractivity contribution in [2.75, 3.05) is 0 Å². The Bertz CT molecular complexity index is 264. The minimum Gasteiger partial charge on any atom is -0.241 e. The van der Waals surface area contributed by atoms with Crippen LogP contribution in [0.5, 0.6) is 0 Å². The van der Waals surface area contributed by atoms with Crippen molar-refractivity contribution in [1.29, 1.82) is 0 Å². The molecule has 1 fully saturated rings. The van der Waals surface area contributed by atoms with Crippen molar-refractivity contribution >= 4 is 0 Å². The lowest BCUT2D eigenvalue weighted by atomic mass is 10.2. The van der Waals surface area contributed by atoms with Crippen LogP contribution in [0.2, 0.25) is 0 Å². The first-order chi connectivity index (χ1) is 5.21. The van der Waals surface area contributed by atoms with Gasteiger partial charge in [0.1, 0.15) is 11.5 Å². The molecule has 0 atom stereocenters. The summed E-state index contributed by atoms with van der Waals surface area (Å²) in [4.78, 5) is 7.87. The zero-order valence-corrected chi connectivity index (χ0v) is 6.34. The molecular weight excluding hydrogens is 143 g/mol. The Hall–Kier alpha value is -0.990. The highest BCUT2D eigenvalue weighted by Crippen LogP contribution is 2.48. The van der Waals surface area contributed by atoms with Gasteiger partial charge in [0.25, 0.3) is 0 Å². The molecule has 0 bridgehead atoms. The number of aromatic nitrogens is 2. The van der Waals surface area contributed by atoms with Gasteiger partial charge in [0.05, 0.1) is 0 Å². The highest BCUT2D eigenvalue weighted by atomic mass is 19.1. The van der Waals surface area contributed by atoms with Gasteiger partial charge < -0.3 is 0 Å². The number of rotatable bonds is 1. The summed E-state index contributed by atoms with van der Waals surface area (Å²) >= 11 is 0. The van der Waals surface area contributed by atoms with Crippen molar-refractivity contribution in [2.45, 2.75) is 25.4 Å². The fraction of sp³-hybridized carbons (Fsp3) is 0.500. The Balaban J connectivity index is 2.33. The van der Waals surface area contributed by atoms with Crippen molar-refractivity contribution in [2.24, 2.45) is 0 Å². The summed E-state index contributed by atoms with van der Waals surface area (Å²) in [6.07, 6.45) is 4.41. The number of halogens is 1.